The Morgan fingerprint density at radius 3 is 2.44 bits per heavy atom. The van der Waals surface area contributed by atoms with Crippen LogP contribution in [-0.4, -0.2) is 44.5 Å². The van der Waals surface area contributed by atoms with Crippen LogP contribution in [-0.2, 0) is 16.4 Å². The highest BCUT2D eigenvalue weighted by atomic mass is 35.5. The first-order chi connectivity index (χ1) is 11.9. The summed E-state index contributed by atoms with van der Waals surface area (Å²) in [5.41, 5.74) is 1.52. The predicted molar refractivity (Wildman–Crippen MR) is 100 cm³/mol. The van der Waals surface area contributed by atoms with Gasteiger partial charge in [-0.2, -0.15) is 0 Å². The molecule has 0 atom stereocenters. The highest BCUT2D eigenvalue weighted by Gasteiger charge is 2.16. The molecule has 0 aliphatic rings. The lowest BCUT2D eigenvalue weighted by molar-refractivity contribution is 0.0951. The van der Waals surface area contributed by atoms with Crippen LogP contribution in [0.5, 0.6) is 0 Å². The minimum Gasteiger partial charge on any atom is -0.351 e. The van der Waals surface area contributed by atoms with Gasteiger partial charge in [0.15, 0.2) is 0 Å². The summed E-state index contributed by atoms with van der Waals surface area (Å²) in [7, 11) is -3.36. The van der Waals surface area contributed by atoms with Crippen molar-refractivity contribution in [1.82, 2.24) is 9.62 Å². The Balaban J connectivity index is 1.89. The zero-order valence-electron chi connectivity index (χ0n) is 14.0. The fraction of sp³-hybridized carbons (Fsp3) is 0.278. The van der Waals surface area contributed by atoms with E-state index in [1.807, 2.05) is 24.3 Å². The van der Waals surface area contributed by atoms with Gasteiger partial charge in [-0.15, -0.1) is 0 Å². The van der Waals surface area contributed by atoms with Gasteiger partial charge >= 0.3 is 0 Å². The summed E-state index contributed by atoms with van der Waals surface area (Å²) in [5.74, 6) is -0.219. The minimum atomic E-state index is -3.36. The number of nitrogens with one attached hydrogen (secondary N) is 1. The molecule has 7 heteroatoms. The van der Waals surface area contributed by atoms with Crippen LogP contribution in [0.2, 0.25) is 5.02 Å². The summed E-state index contributed by atoms with van der Waals surface area (Å²) in [6.07, 6.45) is 1.73. The second-order valence-electron chi connectivity index (χ2n) is 5.66. The third kappa shape index (κ3) is 6.49. The van der Waals surface area contributed by atoms with Crippen molar-refractivity contribution in [2.45, 2.75) is 6.42 Å². The quantitative estimate of drug-likeness (QED) is 0.765. The molecule has 2 aromatic carbocycles. The Morgan fingerprint density at radius 1 is 1.08 bits per heavy atom. The van der Waals surface area contributed by atoms with Gasteiger partial charge in [0.05, 0.1) is 6.26 Å². The molecule has 0 aliphatic heterocycles. The Bertz CT molecular complexity index is 810. The van der Waals surface area contributed by atoms with Crippen LogP contribution in [0, 0.1) is 0 Å². The second kappa shape index (κ2) is 8.99. The molecule has 2 rings (SSSR count). The van der Waals surface area contributed by atoms with Gasteiger partial charge in [0, 0.05) is 30.2 Å². The van der Waals surface area contributed by atoms with Crippen molar-refractivity contribution < 1.29 is 13.2 Å². The van der Waals surface area contributed by atoms with E-state index >= 15 is 0 Å². The van der Waals surface area contributed by atoms with Crippen LogP contribution < -0.4 is 5.32 Å². The normalized spacial score (nSPS) is 11.5. The summed E-state index contributed by atoms with van der Waals surface area (Å²) < 4.78 is 25.3. The lowest BCUT2D eigenvalue weighted by Crippen LogP contribution is -2.39. The third-order valence-electron chi connectivity index (χ3n) is 3.69. The predicted octanol–water partition coefficient (Wildman–Crippen LogP) is 2.57. The van der Waals surface area contributed by atoms with Crippen LogP contribution >= 0.6 is 11.6 Å². The highest BCUT2D eigenvalue weighted by molar-refractivity contribution is 7.88. The van der Waals surface area contributed by atoms with Gasteiger partial charge in [0.2, 0.25) is 10.0 Å². The van der Waals surface area contributed by atoms with E-state index in [9.17, 15) is 13.2 Å². The zero-order valence-corrected chi connectivity index (χ0v) is 15.6. The fourth-order valence-electron chi connectivity index (χ4n) is 2.38. The van der Waals surface area contributed by atoms with Crippen LogP contribution in [0.15, 0.2) is 54.6 Å². The molecule has 134 valence electrons. The highest BCUT2D eigenvalue weighted by Crippen LogP contribution is 2.12. The van der Waals surface area contributed by atoms with Crippen molar-refractivity contribution in [3.63, 3.8) is 0 Å². The van der Waals surface area contributed by atoms with Gasteiger partial charge in [-0.3, -0.25) is 4.79 Å². The third-order valence-corrected chi connectivity index (χ3v) is 5.23. The van der Waals surface area contributed by atoms with Gasteiger partial charge < -0.3 is 5.32 Å². The van der Waals surface area contributed by atoms with E-state index in [2.05, 4.69) is 5.32 Å². The molecule has 0 unspecified atom stereocenters. The maximum atomic E-state index is 12.0. The summed E-state index contributed by atoms with van der Waals surface area (Å²) >= 11 is 5.95. The van der Waals surface area contributed by atoms with Crippen LogP contribution in [0.25, 0.3) is 0 Å². The number of amides is 1. The van der Waals surface area contributed by atoms with Gasteiger partial charge in [0.1, 0.15) is 0 Å². The molecule has 0 aromatic heterocycles. The van der Waals surface area contributed by atoms with Crippen molar-refractivity contribution in [2.24, 2.45) is 0 Å². The number of rotatable bonds is 8. The second-order valence-corrected chi connectivity index (χ2v) is 8.08. The smallest absolute Gasteiger partial charge is 0.251 e. The summed E-state index contributed by atoms with van der Waals surface area (Å²) in [6, 6.07) is 16.2. The Labute approximate surface area is 153 Å². The summed E-state index contributed by atoms with van der Waals surface area (Å²) in [4.78, 5) is 12.0. The number of sulfonamides is 1. The minimum absolute atomic E-state index is 0.219. The topological polar surface area (TPSA) is 66.5 Å². The maximum Gasteiger partial charge on any atom is 0.251 e. The van der Waals surface area contributed by atoms with Crippen molar-refractivity contribution in [2.75, 3.05) is 25.9 Å². The first-order valence-corrected chi connectivity index (χ1v) is 10.1. The summed E-state index contributed by atoms with van der Waals surface area (Å²) in [6.45, 7) is 0.800. The number of carbonyl (C=O) groups is 1. The van der Waals surface area contributed by atoms with E-state index < -0.39 is 10.0 Å². The molecule has 25 heavy (non-hydrogen) atoms. The largest absolute Gasteiger partial charge is 0.351 e. The summed E-state index contributed by atoms with van der Waals surface area (Å²) in [5, 5.41) is 3.37. The molecular weight excluding hydrogens is 360 g/mol. The first-order valence-electron chi connectivity index (χ1n) is 7.89. The molecule has 1 amide bonds. The zero-order chi connectivity index (χ0) is 18.3. The monoisotopic (exact) mass is 380 g/mol. The van der Waals surface area contributed by atoms with Crippen molar-refractivity contribution in [3.05, 3.63) is 70.7 Å². The fourth-order valence-corrected chi connectivity index (χ4v) is 3.43. The molecular formula is C18H21ClN2O3S. The first kappa shape index (κ1) is 19.4. The number of benzene rings is 2. The lowest BCUT2D eigenvalue weighted by Gasteiger charge is -2.20. The molecule has 0 heterocycles. The molecule has 0 saturated carbocycles. The molecule has 0 radical (unpaired) electrons. The van der Waals surface area contributed by atoms with Crippen molar-refractivity contribution in [3.8, 4) is 0 Å². The molecule has 0 saturated heterocycles. The lowest BCUT2D eigenvalue weighted by atomic mass is 10.1. The standard InChI is InChI=1S/C18H21ClN2O3S/c1-25(23,24)21(12-10-15-6-5-9-17(19)14-15)13-11-20-18(22)16-7-3-2-4-8-16/h2-9,14H,10-13H2,1H3,(H,20,22). The van der Waals surface area contributed by atoms with E-state index in [4.69, 9.17) is 11.6 Å². The van der Waals surface area contributed by atoms with E-state index in [0.717, 1.165) is 5.56 Å². The Morgan fingerprint density at radius 2 is 1.80 bits per heavy atom. The molecule has 0 spiro atoms. The number of halogens is 1. The Kier molecular flexibility index (Phi) is 6.99. The Hall–Kier alpha value is -1.89. The van der Waals surface area contributed by atoms with Crippen LogP contribution in [0.4, 0.5) is 0 Å². The van der Waals surface area contributed by atoms with Gasteiger partial charge in [-0.25, -0.2) is 12.7 Å². The molecule has 2 aromatic rings. The van der Waals surface area contributed by atoms with E-state index in [-0.39, 0.29) is 19.0 Å². The van der Waals surface area contributed by atoms with Gasteiger partial charge in [-0.05, 0) is 36.2 Å². The van der Waals surface area contributed by atoms with Crippen molar-refractivity contribution in [1.29, 1.82) is 0 Å². The number of nitrogens with zero attached hydrogens (tertiary/aromatic N) is 1. The number of hydrogen-bond donors (Lipinski definition) is 1. The van der Waals surface area contributed by atoms with E-state index in [1.165, 1.54) is 10.6 Å². The average Bonchev–Trinajstić information content (AvgIpc) is 2.57. The molecule has 0 aliphatic carbocycles. The van der Waals surface area contributed by atoms with Crippen molar-refractivity contribution >= 4 is 27.5 Å². The molecule has 0 bridgehead atoms. The number of carbonyl (C=O) groups excluding carboxylic acids is 1. The molecule has 0 fully saturated rings. The van der Waals surface area contributed by atoms with Crippen LogP contribution in [0.3, 0.4) is 0 Å². The maximum absolute atomic E-state index is 12.0. The van der Waals surface area contributed by atoms with E-state index in [0.29, 0.717) is 23.6 Å². The number of hydrogen-bond acceptors (Lipinski definition) is 3. The molecule has 5 nitrogen and oxygen atoms in total. The van der Waals surface area contributed by atoms with E-state index in [1.54, 1.807) is 30.3 Å². The van der Waals surface area contributed by atoms with Crippen LogP contribution in [0.1, 0.15) is 15.9 Å². The van der Waals surface area contributed by atoms with Gasteiger partial charge in [-0.1, -0.05) is 41.9 Å². The molecule has 1 N–H and O–H groups in total. The van der Waals surface area contributed by atoms with Gasteiger partial charge in [0.25, 0.3) is 5.91 Å². The average molecular weight is 381 g/mol. The SMILES string of the molecule is CS(=O)(=O)N(CCNC(=O)c1ccccc1)CCc1cccc(Cl)c1.